The van der Waals surface area contributed by atoms with Crippen molar-refractivity contribution in [2.45, 2.75) is 50.4 Å². The molecule has 0 amide bonds. The molecule has 0 aliphatic heterocycles. The first-order chi connectivity index (χ1) is 8.36. The molecule has 3 nitrogen and oxygen atoms in total. The number of rotatable bonds is 5. The summed E-state index contributed by atoms with van der Waals surface area (Å²) in [6, 6.07) is -0.107. The van der Waals surface area contributed by atoms with Gasteiger partial charge in [0.2, 0.25) is 0 Å². The summed E-state index contributed by atoms with van der Waals surface area (Å²) < 4.78 is 37.5. The first-order valence-electron chi connectivity index (χ1n) is 6.46. The van der Waals surface area contributed by atoms with Crippen molar-refractivity contribution in [1.29, 1.82) is 0 Å². The van der Waals surface area contributed by atoms with Gasteiger partial charge in [-0.15, -0.1) is 0 Å². The summed E-state index contributed by atoms with van der Waals surface area (Å²) in [6.07, 6.45) is -1.15. The number of likely N-dealkylation sites (N-methyl/N-ethyl adjacent to an activating group) is 1. The Morgan fingerprint density at radius 3 is 2.56 bits per heavy atom. The van der Waals surface area contributed by atoms with Crippen LogP contribution in [0.25, 0.3) is 0 Å². The van der Waals surface area contributed by atoms with Gasteiger partial charge in [0.05, 0.1) is 13.2 Å². The minimum Gasteiger partial charge on any atom is -0.394 e. The molecular weight excluding hydrogens is 245 g/mol. The lowest BCUT2D eigenvalue weighted by atomic mass is 9.79. The van der Waals surface area contributed by atoms with E-state index in [1.807, 2.05) is 0 Å². The summed E-state index contributed by atoms with van der Waals surface area (Å²) >= 11 is 0. The molecule has 2 atom stereocenters. The lowest BCUT2D eigenvalue weighted by Gasteiger charge is -2.43. The first kappa shape index (κ1) is 15.7. The van der Waals surface area contributed by atoms with Gasteiger partial charge in [-0.1, -0.05) is 6.92 Å². The van der Waals surface area contributed by atoms with Gasteiger partial charge in [0, 0.05) is 11.6 Å². The van der Waals surface area contributed by atoms with Crippen LogP contribution in [0.5, 0.6) is 0 Å². The summed E-state index contributed by atoms with van der Waals surface area (Å²) in [4.78, 5) is 1.47. The fourth-order valence-corrected chi connectivity index (χ4v) is 2.82. The van der Waals surface area contributed by atoms with E-state index >= 15 is 0 Å². The molecule has 0 bridgehead atoms. The van der Waals surface area contributed by atoms with Crippen LogP contribution in [0, 0.1) is 0 Å². The van der Waals surface area contributed by atoms with Crippen molar-refractivity contribution >= 4 is 0 Å². The number of nitrogens with zero attached hydrogens (tertiary/aromatic N) is 1. The second-order valence-electron chi connectivity index (χ2n) is 5.12. The van der Waals surface area contributed by atoms with Crippen molar-refractivity contribution in [2.24, 2.45) is 0 Å². The van der Waals surface area contributed by atoms with Crippen LogP contribution < -0.4 is 5.32 Å². The van der Waals surface area contributed by atoms with E-state index in [4.69, 9.17) is 0 Å². The van der Waals surface area contributed by atoms with Gasteiger partial charge in [0.25, 0.3) is 0 Å². The number of aliphatic hydroxyl groups excluding tert-OH is 1. The van der Waals surface area contributed by atoms with Gasteiger partial charge in [-0.25, -0.2) is 0 Å². The fourth-order valence-electron chi connectivity index (χ4n) is 2.82. The van der Waals surface area contributed by atoms with Crippen molar-refractivity contribution < 1.29 is 18.3 Å². The van der Waals surface area contributed by atoms with Crippen LogP contribution in [0.4, 0.5) is 13.2 Å². The molecular formula is C12H23F3N2O. The minimum absolute atomic E-state index is 0.0242. The van der Waals surface area contributed by atoms with E-state index in [9.17, 15) is 18.3 Å². The number of alkyl halides is 3. The van der Waals surface area contributed by atoms with Crippen molar-refractivity contribution in [2.75, 3.05) is 26.7 Å². The molecule has 0 spiro atoms. The van der Waals surface area contributed by atoms with Crippen molar-refractivity contribution in [3.63, 3.8) is 0 Å². The monoisotopic (exact) mass is 268 g/mol. The molecule has 0 saturated heterocycles. The van der Waals surface area contributed by atoms with E-state index in [0.717, 1.165) is 19.3 Å². The Morgan fingerprint density at radius 1 is 1.44 bits per heavy atom. The van der Waals surface area contributed by atoms with Crippen LogP contribution in [0.15, 0.2) is 0 Å². The summed E-state index contributed by atoms with van der Waals surface area (Å²) in [5.41, 5.74) is -0.415. The van der Waals surface area contributed by atoms with E-state index in [1.165, 1.54) is 4.90 Å². The Morgan fingerprint density at radius 2 is 2.11 bits per heavy atom. The van der Waals surface area contributed by atoms with E-state index in [-0.39, 0.29) is 12.6 Å². The highest BCUT2D eigenvalue weighted by Crippen LogP contribution is 2.32. The summed E-state index contributed by atoms with van der Waals surface area (Å²) in [6.45, 7) is 1.25. The molecule has 0 aromatic rings. The lowest BCUT2D eigenvalue weighted by Crippen LogP contribution is -2.55. The quantitative estimate of drug-likeness (QED) is 0.797. The van der Waals surface area contributed by atoms with Crippen LogP contribution in [-0.2, 0) is 0 Å². The molecule has 2 unspecified atom stereocenters. The molecule has 108 valence electrons. The number of halogens is 3. The molecule has 0 radical (unpaired) electrons. The number of hydrogen-bond acceptors (Lipinski definition) is 3. The molecule has 1 saturated carbocycles. The van der Waals surface area contributed by atoms with Crippen LogP contribution in [0.1, 0.15) is 32.6 Å². The van der Waals surface area contributed by atoms with Gasteiger partial charge in [0.1, 0.15) is 0 Å². The maximum atomic E-state index is 12.5. The predicted molar refractivity (Wildman–Crippen MR) is 64.4 cm³/mol. The van der Waals surface area contributed by atoms with Gasteiger partial charge in [0.15, 0.2) is 0 Å². The Bertz CT molecular complexity index is 254. The third kappa shape index (κ3) is 4.10. The second-order valence-corrected chi connectivity index (χ2v) is 5.12. The largest absolute Gasteiger partial charge is 0.401 e. The zero-order valence-corrected chi connectivity index (χ0v) is 11.1. The maximum Gasteiger partial charge on any atom is 0.401 e. The second kappa shape index (κ2) is 6.21. The maximum absolute atomic E-state index is 12.5. The summed E-state index contributed by atoms with van der Waals surface area (Å²) in [5, 5.41) is 12.5. The fraction of sp³-hybridized carbons (Fsp3) is 1.00. The summed E-state index contributed by atoms with van der Waals surface area (Å²) in [7, 11) is 1.76. The molecule has 1 aliphatic rings. The van der Waals surface area contributed by atoms with E-state index < -0.39 is 18.3 Å². The molecule has 1 aliphatic carbocycles. The van der Waals surface area contributed by atoms with Crippen LogP contribution in [0.2, 0.25) is 0 Å². The number of nitrogens with one attached hydrogen (secondary N) is 1. The Kier molecular flexibility index (Phi) is 5.43. The standard InChI is InChI=1S/C12H23F3N2O/c1-3-17(8-12(13,14)15)10-5-4-6-11(7-10,9-18)16-2/h10,16,18H,3-9H2,1-2H3. The molecule has 18 heavy (non-hydrogen) atoms. The predicted octanol–water partition coefficient (Wildman–Crippen LogP) is 1.76. The van der Waals surface area contributed by atoms with Gasteiger partial charge in [-0.05, 0) is 39.3 Å². The van der Waals surface area contributed by atoms with Gasteiger partial charge >= 0.3 is 6.18 Å². The first-order valence-corrected chi connectivity index (χ1v) is 6.46. The van der Waals surface area contributed by atoms with Crippen molar-refractivity contribution in [3.05, 3.63) is 0 Å². The number of aliphatic hydroxyl groups is 1. The Balaban J connectivity index is 2.69. The number of hydrogen-bond donors (Lipinski definition) is 2. The SMILES string of the molecule is CCN(CC(F)(F)F)C1CCCC(CO)(NC)C1. The Hall–Kier alpha value is -0.330. The van der Waals surface area contributed by atoms with Crippen molar-refractivity contribution in [1.82, 2.24) is 10.2 Å². The molecule has 2 N–H and O–H groups in total. The highest BCUT2D eigenvalue weighted by molar-refractivity contribution is 4.95. The van der Waals surface area contributed by atoms with Crippen molar-refractivity contribution in [3.8, 4) is 0 Å². The Labute approximate surface area is 106 Å². The average molecular weight is 268 g/mol. The van der Waals surface area contributed by atoms with E-state index in [0.29, 0.717) is 13.0 Å². The smallest absolute Gasteiger partial charge is 0.394 e. The van der Waals surface area contributed by atoms with Gasteiger partial charge in [-0.3, -0.25) is 4.90 Å². The molecule has 0 heterocycles. The highest BCUT2D eigenvalue weighted by Gasteiger charge is 2.39. The van der Waals surface area contributed by atoms with Crippen LogP contribution >= 0.6 is 0 Å². The molecule has 0 aromatic carbocycles. The summed E-state index contributed by atoms with van der Waals surface area (Å²) in [5.74, 6) is 0. The normalized spacial score (nSPS) is 29.8. The van der Waals surface area contributed by atoms with E-state index in [2.05, 4.69) is 5.32 Å². The van der Waals surface area contributed by atoms with Gasteiger partial charge in [-0.2, -0.15) is 13.2 Å². The molecule has 6 heteroatoms. The third-order valence-corrected chi connectivity index (χ3v) is 3.96. The van der Waals surface area contributed by atoms with Gasteiger partial charge < -0.3 is 10.4 Å². The third-order valence-electron chi connectivity index (χ3n) is 3.96. The zero-order valence-electron chi connectivity index (χ0n) is 11.1. The minimum atomic E-state index is -4.16. The van der Waals surface area contributed by atoms with E-state index in [1.54, 1.807) is 14.0 Å². The molecule has 1 rings (SSSR count). The topological polar surface area (TPSA) is 35.5 Å². The molecule has 1 fully saturated rings. The van der Waals surface area contributed by atoms with Crippen LogP contribution in [-0.4, -0.2) is 54.5 Å². The highest BCUT2D eigenvalue weighted by atomic mass is 19.4. The lowest BCUT2D eigenvalue weighted by molar-refractivity contribution is -0.153. The molecule has 0 aromatic heterocycles. The van der Waals surface area contributed by atoms with Crippen LogP contribution in [0.3, 0.4) is 0 Å². The average Bonchev–Trinajstić information content (AvgIpc) is 2.35. The zero-order chi connectivity index (χ0) is 13.8.